The van der Waals surface area contributed by atoms with Crippen molar-refractivity contribution in [1.82, 2.24) is 14.5 Å². The summed E-state index contributed by atoms with van der Waals surface area (Å²) in [5, 5.41) is 3.29. The second-order valence-corrected chi connectivity index (χ2v) is 11.5. The van der Waals surface area contributed by atoms with E-state index in [1.807, 2.05) is 30.3 Å². The van der Waals surface area contributed by atoms with Gasteiger partial charge in [0.2, 0.25) is 10.0 Å². The van der Waals surface area contributed by atoms with Crippen molar-refractivity contribution in [3.63, 3.8) is 0 Å². The van der Waals surface area contributed by atoms with Crippen LogP contribution in [-0.2, 0) is 14.8 Å². The zero-order valence-corrected chi connectivity index (χ0v) is 21.5. The molecule has 0 radical (unpaired) electrons. The molecule has 1 amide bonds. The summed E-state index contributed by atoms with van der Waals surface area (Å²) < 4.78 is 34.7. The predicted octanol–water partition coefficient (Wildman–Crippen LogP) is 4.84. The fourth-order valence-corrected chi connectivity index (χ4v) is 6.99. The summed E-state index contributed by atoms with van der Waals surface area (Å²) in [6.45, 7) is 3.78. The minimum absolute atomic E-state index is 0.00805. The summed E-state index contributed by atoms with van der Waals surface area (Å²) in [6, 6.07) is 15.1. The zero-order chi connectivity index (χ0) is 24.7. The largest absolute Gasteiger partial charge is 0.448 e. The van der Waals surface area contributed by atoms with Crippen LogP contribution in [0, 0.1) is 0 Å². The van der Waals surface area contributed by atoms with Gasteiger partial charge in [-0.1, -0.05) is 41.9 Å². The number of likely N-dealkylation sites (tertiary alicyclic amines) is 1. The molecule has 0 unspecified atom stereocenters. The molecule has 0 saturated carbocycles. The lowest BCUT2D eigenvalue weighted by atomic mass is 9.93. The highest BCUT2D eigenvalue weighted by Gasteiger charge is 2.41. The van der Waals surface area contributed by atoms with Crippen LogP contribution < -0.4 is 5.32 Å². The highest BCUT2D eigenvalue weighted by molar-refractivity contribution is 7.89. The summed E-state index contributed by atoms with van der Waals surface area (Å²) in [7, 11) is -3.85. The fraction of sp³-hybridized carbons (Fsp3) is 0.500. The number of amides is 1. The Bertz CT molecular complexity index is 1060. The molecule has 4 rings (SSSR count). The van der Waals surface area contributed by atoms with E-state index >= 15 is 0 Å². The first-order chi connectivity index (χ1) is 16.9. The number of hydrogen-bond donors (Lipinski definition) is 1. The molecular weight excluding hydrogens is 486 g/mol. The third kappa shape index (κ3) is 6.76. The molecule has 2 aliphatic heterocycles. The van der Waals surface area contributed by atoms with E-state index in [4.69, 9.17) is 16.3 Å². The molecule has 190 valence electrons. The van der Waals surface area contributed by atoms with Crippen molar-refractivity contribution >= 4 is 27.7 Å². The molecule has 0 bridgehead atoms. The maximum atomic E-state index is 13.8. The summed E-state index contributed by atoms with van der Waals surface area (Å²) in [5.74, 6) is 0. The van der Waals surface area contributed by atoms with Crippen LogP contribution in [0.3, 0.4) is 0 Å². The van der Waals surface area contributed by atoms with Crippen LogP contribution in [0.25, 0.3) is 0 Å². The molecule has 35 heavy (non-hydrogen) atoms. The number of hydrogen-bond acceptors (Lipinski definition) is 5. The minimum atomic E-state index is -3.85. The van der Waals surface area contributed by atoms with Gasteiger partial charge in [-0.3, -0.25) is 0 Å². The van der Waals surface area contributed by atoms with Gasteiger partial charge in [0.05, 0.1) is 17.0 Å². The molecule has 2 aliphatic rings. The quantitative estimate of drug-likeness (QED) is 0.480. The lowest BCUT2D eigenvalue weighted by molar-refractivity contribution is 0.0853. The van der Waals surface area contributed by atoms with E-state index in [1.54, 1.807) is 12.1 Å². The normalized spacial score (nSPS) is 21.6. The standard InChI is InChI=1S/C26H34ClN3O4S/c27-22-12-14-24(15-13-22)35(32,33)30-23(10-6-11-25(30)21-8-2-1-3-9-21)20-34-26(31)28-16-7-19-29-17-4-5-18-29/h1-3,8-9,12-15,23,25H,4-7,10-11,16-20H2,(H,28,31)/t23-,25+/m1/s1. The van der Waals surface area contributed by atoms with E-state index in [-0.39, 0.29) is 17.5 Å². The van der Waals surface area contributed by atoms with Crippen molar-refractivity contribution in [2.45, 2.75) is 55.5 Å². The first kappa shape index (κ1) is 25.9. The molecule has 0 spiro atoms. The number of piperidine rings is 1. The Hall–Kier alpha value is -2.13. The monoisotopic (exact) mass is 519 g/mol. The van der Waals surface area contributed by atoms with Crippen LogP contribution in [0.5, 0.6) is 0 Å². The average Bonchev–Trinajstić information content (AvgIpc) is 3.39. The van der Waals surface area contributed by atoms with Crippen molar-refractivity contribution in [1.29, 1.82) is 0 Å². The third-order valence-electron chi connectivity index (χ3n) is 6.78. The number of halogens is 1. The van der Waals surface area contributed by atoms with Crippen LogP contribution in [0.1, 0.15) is 50.1 Å². The summed E-state index contributed by atoms with van der Waals surface area (Å²) in [6.07, 6.45) is 5.03. The Morgan fingerprint density at radius 1 is 1.00 bits per heavy atom. The zero-order valence-electron chi connectivity index (χ0n) is 19.9. The Morgan fingerprint density at radius 3 is 2.43 bits per heavy atom. The maximum Gasteiger partial charge on any atom is 0.407 e. The first-order valence-corrected chi connectivity index (χ1v) is 14.2. The topological polar surface area (TPSA) is 79.0 Å². The number of nitrogens with zero attached hydrogens (tertiary/aromatic N) is 2. The molecule has 7 nitrogen and oxygen atoms in total. The Balaban J connectivity index is 1.44. The highest BCUT2D eigenvalue weighted by atomic mass is 35.5. The van der Waals surface area contributed by atoms with Gasteiger partial charge in [0.15, 0.2) is 0 Å². The van der Waals surface area contributed by atoms with Gasteiger partial charge in [0, 0.05) is 11.6 Å². The van der Waals surface area contributed by atoms with E-state index in [2.05, 4.69) is 10.2 Å². The number of sulfonamides is 1. The molecule has 2 aromatic carbocycles. The van der Waals surface area contributed by atoms with E-state index in [1.165, 1.54) is 29.3 Å². The number of carbonyl (C=O) groups excluding carboxylic acids is 1. The van der Waals surface area contributed by atoms with Gasteiger partial charge in [-0.15, -0.1) is 0 Å². The maximum absolute atomic E-state index is 13.8. The Morgan fingerprint density at radius 2 is 1.71 bits per heavy atom. The Labute approximate surface area is 213 Å². The molecule has 2 atom stereocenters. The van der Waals surface area contributed by atoms with Gasteiger partial charge in [-0.25, -0.2) is 13.2 Å². The first-order valence-electron chi connectivity index (χ1n) is 12.4. The van der Waals surface area contributed by atoms with Crippen molar-refractivity contribution in [3.8, 4) is 0 Å². The molecule has 2 fully saturated rings. The van der Waals surface area contributed by atoms with Gasteiger partial charge in [0.25, 0.3) is 0 Å². The fourth-order valence-electron chi connectivity index (χ4n) is 5.02. The second kappa shape index (κ2) is 12.2. The SMILES string of the molecule is O=C(NCCCN1CCCC1)OC[C@H]1CCC[C@@H](c2ccccc2)N1S(=O)(=O)c1ccc(Cl)cc1. The summed E-state index contributed by atoms with van der Waals surface area (Å²) in [4.78, 5) is 15.0. The lowest BCUT2D eigenvalue weighted by Crippen LogP contribution is -2.48. The van der Waals surface area contributed by atoms with Gasteiger partial charge in [0.1, 0.15) is 6.61 Å². The van der Waals surface area contributed by atoms with Crippen LogP contribution in [0.15, 0.2) is 59.5 Å². The molecule has 0 aromatic heterocycles. The van der Waals surface area contributed by atoms with E-state index in [0.29, 0.717) is 24.4 Å². The molecular formula is C26H34ClN3O4S. The molecule has 2 aromatic rings. The van der Waals surface area contributed by atoms with E-state index in [9.17, 15) is 13.2 Å². The molecule has 2 saturated heterocycles. The third-order valence-corrected chi connectivity index (χ3v) is 9.01. The lowest BCUT2D eigenvalue weighted by Gasteiger charge is -2.41. The van der Waals surface area contributed by atoms with Crippen molar-refractivity contribution in [3.05, 3.63) is 65.2 Å². The number of carbonyl (C=O) groups is 1. The summed E-state index contributed by atoms with van der Waals surface area (Å²) in [5.41, 5.74) is 0.932. The number of alkyl carbamates (subject to hydrolysis) is 1. The second-order valence-electron chi connectivity index (χ2n) is 9.23. The highest BCUT2D eigenvalue weighted by Crippen LogP contribution is 2.39. The molecule has 9 heteroatoms. The number of rotatable bonds is 9. The van der Waals surface area contributed by atoms with Gasteiger partial charge < -0.3 is 15.0 Å². The van der Waals surface area contributed by atoms with Crippen molar-refractivity contribution in [2.75, 3.05) is 32.8 Å². The molecule has 0 aliphatic carbocycles. The van der Waals surface area contributed by atoms with E-state index in [0.717, 1.165) is 38.0 Å². The number of ether oxygens (including phenoxy) is 1. The smallest absolute Gasteiger partial charge is 0.407 e. The van der Waals surface area contributed by atoms with Crippen LogP contribution in [-0.4, -0.2) is 62.5 Å². The van der Waals surface area contributed by atoms with Crippen LogP contribution in [0.2, 0.25) is 5.02 Å². The van der Waals surface area contributed by atoms with Crippen LogP contribution >= 0.6 is 11.6 Å². The van der Waals surface area contributed by atoms with Crippen molar-refractivity contribution < 1.29 is 17.9 Å². The number of benzene rings is 2. The molecule has 1 N–H and O–H groups in total. The van der Waals surface area contributed by atoms with E-state index < -0.39 is 22.2 Å². The minimum Gasteiger partial charge on any atom is -0.448 e. The Kier molecular flexibility index (Phi) is 9.05. The van der Waals surface area contributed by atoms with Gasteiger partial charge in [-0.2, -0.15) is 4.31 Å². The van der Waals surface area contributed by atoms with Crippen LogP contribution in [0.4, 0.5) is 4.79 Å². The molecule has 2 heterocycles. The van der Waals surface area contributed by atoms with Gasteiger partial charge in [-0.05, 0) is 88.0 Å². The number of nitrogens with one attached hydrogen (secondary N) is 1. The van der Waals surface area contributed by atoms with Crippen molar-refractivity contribution in [2.24, 2.45) is 0 Å². The summed E-state index contributed by atoms with van der Waals surface area (Å²) >= 11 is 6.00. The predicted molar refractivity (Wildman–Crippen MR) is 137 cm³/mol. The average molecular weight is 520 g/mol. The van der Waals surface area contributed by atoms with Gasteiger partial charge >= 0.3 is 6.09 Å².